The number of furan rings is 1. The van der Waals surface area contributed by atoms with Crippen LogP contribution in [0.1, 0.15) is 16.1 Å². The number of halogens is 2. The van der Waals surface area contributed by atoms with Gasteiger partial charge in [0, 0.05) is 5.56 Å². The maximum absolute atomic E-state index is 13.6. The molecule has 0 saturated heterocycles. The van der Waals surface area contributed by atoms with Crippen molar-refractivity contribution in [3.63, 3.8) is 0 Å². The standard InChI is InChI=1S/C18H14F2N2O4S/c19-15-4-1-5-16(20)17(15)22-27(24,25)14-8-6-12(7-9-14)18(23)21-11-13-3-2-10-26-13/h1-10,22H,11H2,(H,21,23). The molecule has 0 saturated carbocycles. The number of sulfonamides is 1. The third kappa shape index (κ3) is 4.32. The Morgan fingerprint density at radius 3 is 2.22 bits per heavy atom. The van der Waals surface area contributed by atoms with E-state index >= 15 is 0 Å². The molecule has 1 amide bonds. The van der Waals surface area contributed by atoms with Crippen LogP contribution >= 0.6 is 0 Å². The summed E-state index contributed by atoms with van der Waals surface area (Å²) in [5.74, 6) is -1.93. The summed E-state index contributed by atoms with van der Waals surface area (Å²) in [6.45, 7) is 0.181. The third-order valence-electron chi connectivity index (χ3n) is 3.63. The van der Waals surface area contributed by atoms with Crippen LogP contribution in [-0.4, -0.2) is 14.3 Å². The molecular weight excluding hydrogens is 378 g/mol. The average molecular weight is 392 g/mol. The maximum atomic E-state index is 13.6. The van der Waals surface area contributed by atoms with Gasteiger partial charge in [0.05, 0.1) is 17.7 Å². The third-order valence-corrected chi connectivity index (χ3v) is 4.99. The van der Waals surface area contributed by atoms with Crippen molar-refractivity contribution >= 4 is 21.6 Å². The zero-order chi connectivity index (χ0) is 19.4. The molecule has 0 fully saturated rings. The summed E-state index contributed by atoms with van der Waals surface area (Å²) >= 11 is 0. The Labute approximate surface area is 153 Å². The van der Waals surface area contributed by atoms with Gasteiger partial charge in [-0.3, -0.25) is 9.52 Å². The Morgan fingerprint density at radius 2 is 1.63 bits per heavy atom. The number of amides is 1. The topological polar surface area (TPSA) is 88.4 Å². The van der Waals surface area contributed by atoms with E-state index in [1.165, 1.54) is 30.5 Å². The second kappa shape index (κ2) is 7.58. The minimum absolute atomic E-state index is 0.181. The minimum Gasteiger partial charge on any atom is -0.467 e. The lowest BCUT2D eigenvalue weighted by Gasteiger charge is -2.10. The fraction of sp³-hybridized carbons (Fsp3) is 0.0556. The highest BCUT2D eigenvalue weighted by atomic mass is 32.2. The predicted molar refractivity (Wildman–Crippen MR) is 93.5 cm³/mol. The first-order chi connectivity index (χ1) is 12.9. The Kier molecular flexibility index (Phi) is 5.22. The van der Waals surface area contributed by atoms with E-state index in [0.29, 0.717) is 5.76 Å². The molecule has 3 rings (SSSR count). The van der Waals surface area contributed by atoms with Gasteiger partial charge in [-0.05, 0) is 48.5 Å². The van der Waals surface area contributed by atoms with Crippen LogP contribution < -0.4 is 10.0 Å². The summed E-state index contributed by atoms with van der Waals surface area (Å²) in [6.07, 6.45) is 1.48. The second-order valence-corrected chi connectivity index (χ2v) is 7.17. The summed E-state index contributed by atoms with van der Waals surface area (Å²) in [5.41, 5.74) is -0.546. The zero-order valence-electron chi connectivity index (χ0n) is 13.8. The van der Waals surface area contributed by atoms with Crippen molar-refractivity contribution in [3.05, 3.63) is 83.8 Å². The Hall–Kier alpha value is -3.20. The molecule has 2 aromatic carbocycles. The quantitative estimate of drug-likeness (QED) is 0.674. The van der Waals surface area contributed by atoms with Crippen LogP contribution in [0, 0.1) is 11.6 Å². The molecule has 0 bridgehead atoms. The zero-order valence-corrected chi connectivity index (χ0v) is 14.6. The molecule has 6 nitrogen and oxygen atoms in total. The number of para-hydroxylation sites is 1. The van der Waals surface area contributed by atoms with Crippen molar-refractivity contribution < 1.29 is 26.4 Å². The SMILES string of the molecule is O=C(NCc1ccco1)c1ccc(S(=O)(=O)Nc2c(F)cccc2F)cc1. The molecule has 3 aromatic rings. The van der Waals surface area contributed by atoms with Crippen molar-refractivity contribution in [2.45, 2.75) is 11.4 Å². The first-order valence-electron chi connectivity index (χ1n) is 7.74. The molecule has 140 valence electrons. The molecule has 27 heavy (non-hydrogen) atoms. The molecule has 2 N–H and O–H groups in total. The first kappa shape index (κ1) is 18.6. The fourth-order valence-corrected chi connectivity index (χ4v) is 3.33. The van der Waals surface area contributed by atoms with Crippen molar-refractivity contribution in [1.29, 1.82) is 0 Å². The molecule has 0 spiro atoms. The van der Waals surface area contributed by atoms with E-state index in [4.69, 9.17) is 4.42 Å². The van der Waals surface area contributed by atoms with E-state index in [0.717, 1.165) is 18.2 Å². The number of benzene rings is 2. The van der Waals surface area contributed by atoms with E-state index in [2.05, 4.69) is 5.32 Å². The first-order valence-corrected chi connectivity index (χ1v) is 9.22. The van der Waals surface area contributed by atoms with Gasteiger partial charge in [0.25, 0.3) is 15.9 Å². The van der Waals surface area contributed by atoms with Crippen LogP contribution in [0.4, 0.5) is 14.5 Å². The van der Waals surface area contributed by atoms with Crippen molar-refractivity contribution in [2.75, 3.05) is 4.72 Å². The van der Waals surface area contributed by atoms with E-state index in [1.807, 2.05) is 4.72 Å². The summed E-state index contributed by atoms with van der Waals surface area (Å²) in [6, 6.07) is 11.3. The van der Waals surface area contributed by atoms with Gasteiger partial charge in [-0.1, -0.05) is 6.07 Å². The number of rotatable bonds is 6. The van der Waals surface area contributed by atoms with Gasteiger partial charge in [-0.25, -0.2) is 17.2 Å². The Bertz CT molecular complexity index is 1030. The number of anilines is 1. The van der Waals surface area contributed by atoms with E-state index in [1.54, 1.807) is 12.1 Å². The highest BCUT2D eigenvalue weighted by Gasteiger charge is 2.19. The molecule has 9 heteroatoms. The van der Waals surface area contributed by atoms with Gasteiger partial charge in [0.1, 0.15) is 23.1 Å². The lowest BCUT2D eigenvalue weighted by molar-refractivity contribution is 0.0948. The summed E-state index contributed by atoms with van der Waals surface area (Å²) in [5, 5.41) is 2.62. The Morgan fingerprint density at radius 1 is 0.963 bits per heavy atom. The normalized spacial score (nSPS) is 11.2. The monoisotopic (exact) mass is 392 g/mol. The van der Waals surface area contributed by atoms with Crippen LogP contribution in [0.5, 0.6) is 0 Å². The van der Waals surface area contributed by atoms with Gasteiger partial charge in [0.15, 0.2) is 0 Å². The molecule has 0 atom stereocenters. The van der Waals surface area contributed by atoms with Crippen LogP contribution in [-0.2, 0) is 16.6 Å². The largest absolute Gasteiger partial charge is 0.467 e. The van der Waals surface area contributed by atoms with E-state index in [9.17, 15) is 22.0 Å². The number of hydrogen-bond acceptors (Lipinski definition) is 4. The number of carbonyl (C=O) groups is 1. The van der Waals surface area contributed by atoms with Crippen LogP contribution in [0.15, 0.2) is 70.2 Å². The summed E-state index contributed by atoms with van der Waals surface area (Å²) in [4.78, 5) is 11.8. The van der Waals surface area contributed by atoms with Gasteiger partial charge in [-0.15, -0.1) is 0 Å². The van der Waals surface area contributed by atoms with E-state index in [-0.39, 0.29) is 17.0 Å². The molecular formula is C18H14F2N2O4S. The molecule has 0 aliphatic carbocycles. The number of hydrogen-bond donors (Lipinski definition) is 2. The van der Waals surface area contributed by atoms with Crippen molar-refractivity contribution in [1.82, 2.24) is 5.32 Å². The minimum atomic E-state index is -4.23. The highest BCUT2D eigenvalue weighted by molar-refractivity contribution is 7.92. The van der Waals surface area contributed by atoms with Crippen LogP contribution in [0.25, 0.3) is 0 Å². The maximum Gasteiger partial charge on any atom is 0.262 e. The predicted octanol–water partition coefficient (Wildman–Crippen LogP) is 3.29. The van der Waals surface area contributed by atoms with Crippen molar-refractivity contribution in [2.24, 2.45) is 0 Å². The smallest absolute Gasteiger partial charge is 0.262 e. The van der Waals surface area contributed by atoms with Crippen LogP contribution in [0.2, 0.25) is 0 Å². The van der Waals surface area contributed by atoms with Gasteiger partial charge >= 0.3 is 0 Å². The van der Waals surface area contributed by atoms with Gasteiger partial charge in [-0.2, -0.15) is 0 Å². The van der Waals surface area contributed by atoms with Crippen molar-refractivity contribution in [3.8, 4) is 0 Å². The number of nitrogens with one attached hydrogen (secondary N) is 2. The lowest BCUT2D eigenvalue weighted by Crippen LogP contribution is -2.22. The molecule has 0 radical (unpaired) electrons. The number of carbonyl (C=O) groups excluding carboxylic acids is 1. The molecule has 0 aliphatic rings. The molecule has 1 heterocycles. The lowest BCUT2D eigenvalue weighted by atomic mass is 10.2. The summed E-state index contributed by atoms with van der Waals surface area (Å²) in [7, 11) is -4.23. The summed E-state index contributed by atoms with van der Waals surface area (Å²) < 4.78 is 58.9. The van der Waals surface area contributed by atoms with Crippen LogP contribution in [0.3, 0.4) is 0 Å². The highest BCUT2D eigenvalue weighted by Crippen LogP contribution is 2.22. The van der Waals surface area contributed by atoms with Gasteiger partial charge in [0.2, 0.25) is 0 Å². The molecule has 1 aromatic heterocycles. The molecule has 0 unspecified atom stereocenters. The fourth-order valence-electron chi connectivity index (χ4n) is 2.26. The van der Waals surface area contributed by atoms with Gasteiger partial charge < -0.3 is 9.73 Å². The average Bonchev–Trinajstić information content (AvgIpc) is 3.17. The molecule has 0 aliphatic heterocycles. The second-order valence-electron chi connectivity index (χ2n) is 5.49. The Balaban J connectivity index is 1.73. The van der Waals surface area contributed by atoms with E-state index < -0.39 is 33.3 Å².